The molecule has 2 N–H and O–H groups in total. The molecule has 1 saturated heterocycles. The molecule has 188 valence electrons. The summed E-state index contributed by atoms with van der Waals surface area (Å²) in [5.74, 6) is 1.95. The molecule has 0 spiro atoms. The third-order valence-electron chi connectivity index (χ3n) is 6.70. The van der Waals surface area contributed by atoms with Crippen molar-refractivity contribution in [2.45, 2.75) is 72.1 Å². The number of nitrogens with two attached hydrogens (primary N) is 1. The van der Waals surface area contributed by atoms with Crippen molar-refractivity contribution in [3.63, 3.8) is 0 Å². The summed E-state index contributed by atoms with van der Waals surface area (Å²) >= 11 is 0. The van der Waals surface area contributed by atoms with Crippen LogP contribution in [-0.4, -0.2) is 43.2 Å². The molecule has 0 radical (unpaired) electrons. The molecule has 0 aliphatic carbocycles. The minimum atomic E-state index is -0.223. The van der Waals surface area contributed by atoms with E-state index in [2.05, 4.69) is 61.8 Å². The van der Waals surface area contributed by atoms with Crippen molar-refractivity contribution in [3.05, 3.63) is 59.9 Å². The molecular formula is C29H44FN3O. The maximum absolute atomic E-state index is 13.1. The van der Waals surface area contributed by atoms with Crippen LogP contribution in [0.15, 0.2) is 48.5 Å². The van der Waals surface area contributed by atoms with Crippen molar-refractivity contribution >= 4 is 5.69 Å². The summed E-state index contributed by atoms with van der Waals surface area (Å²) in [6.07, 6.45) is 4.63. The third kappa shape index (κ3) is 8.59. The molecule has 34 heavy (non-hydrogen) atoms. The number of anilines is 1. The summed E-state index contributed by atoms with van der Waals surface area (Å²) in [4.78, 5) is 5.16. The highest BCUT2D eigenvalue weighted by Gasteiger charge is 2.26. The number of halogens is 1. The molecule has 1 atom stereocenters. The van der Waals surface area contributed by atoms with Gasteiger partial charge in [0.25, 0.3) is 0 Å². The number of likely N-dealkylation sites (tertiary alicyclic amines) is 1. The quantitative estimate of drug-likeness (QED) is 0.408. The molecule has 0 aromatic heterocycles. The molecule has 3 rings (SSSR count). The number of ether oxygens (including phenoxy) is 1. The van der Waals surface area contributed by atoms with E-state index in [4.69, 9.17) is 10.5 Å². The third-order valence-corrected chi connectivity index (χ3v) is 6.70. The zero-order chi connectivity index (χ0) is 24.5. The van der Waals surface area contributed by atoms with E-state index < -0.39 is 0 Å². The van der Waals surface area contributed by atoms with Gasteiger partial charge in [-0.2, -0.15) is 0 Å². The average molecular weight is 470 g/mol. The summed E-state index contributed by atoms with van der Waals surface area (Å²) in [5.41, 5.74) is 8.60. The van der Waals surface area contributed by atoms with Crippen LogP contribution in [0.25, 0.3) is 0 Å². The van der Waals surface area contributed by atoms with Crippen LogP contribution in [0.5, 0.6) is 5.75 Å². The zero-order valence-corrected chi connectivity index (χ0v) is 21.6. The largest absolute Gasteiger partial charge is 0.489 e. The number of benzene rings is 2. The van der Waals surface area contributed by atoms with Gasteiger partial charge in [0.15, 0.2) is 0 Å². The Balaban J connectivity index is 1.58. The summed E-state index contributed by atoms with van der Waals surface area (Å²) in [5, 5.41) is 0. The van der Waals surface area contributed by atoms with Crippen molar-refractivity contribution in [1.29, 1.82) is 0 Å². The van der Waals surface area contributed by atoms with Crippen molar-refractivity contribution in [1.82, 2.24) is 4.90 Å². The van der Waals surface area contributed by atoms with Crippen LogP contribution in [0.2, 0.25) is 0 Å². The first-order valence-corrected chi connectivity index (χ1v) is 13.0. The van der Waals surface area contributed by atoms with E-state index in [0.29, 0.717) is 24.5 Å². The highest BCUT2D eigenvalue weighted by Crippen LogP contribution is 2.27. The maximum Gasteiger partial charge on any atom is 0.123 e. The summed E-state index contributed by atoms with van der Waals surface area (Å²) in [6, 6.07) is 15.8. The molecule has 5 heteroatoms. The maximum atomic E-state index is 13.1. The SMILES string of the molecule is CC(C)CCN(c1ccc(OCc2ccc(F)cc2)cc1)C1CCN(C[C@@H](N)CC(C)C)CC1. The molecule has 0 amide bonds. The molecule has 4 nitrogen and oxygen atoms in total. The molecule has 1 heterocycles. The molecule has 1 aliphatic rings. The van der Waals surface area contributed by atoms with Gasteiger partial charge < -0.3 is 20.3 Å². The number of rotatable bonds is 12. The molecule has 1 fully saturated rings. The second-order valence-corrected chi connectivity index (χ2v) is 10.7. The Morgan fingerprint density at radius 1 is 0.971 bits per heavy atom. The smallest absolute Gasteiger partial charge is 0.123 e. The van der Waals surface area contributed by atoms with Crippen LogP contribution in [0.1, 0.15) is 58.9 Å². The van der Waals surface area contributed by atoms with E-state index in [1.165, 1.54) is 37.1 Å². The number of nitrogens with zero attached hydrogens (tertiary/aromatic N) is 2. The number of hydrogen-bond donors (Lipinski definition) is 1. The van der Waals surface area contributed by atoms with Gasteiger partial charge in [-0.1, -0.05) is 39.8 Å². The summed E-state index contributed by atoms with van der Waals surface area (Å²) < 4.78 is 19.0. The van der Waals surface area contributed by atoms with E-state index in [0.717, 1.165) is 43.9 Å². The van der Waals surface area contributed by atoms with Gasteiger partial charge in [0.2, 0.25) is 0 Å². The fraction of sp³-hybridized carbons (Fsp3) is 0.586. The minimum Gasteiger partial charge on any atom is -0.489 e. The van der Waals surface area contributed by atoms with Crippen LogP contribution in [0.3, 0.4) is 0 Å². The lowest BCUT2D eigenvalue weighted by molar-refractivity contribution is 0.191. The van der Waals surface area contributed by atoms with E-state index in [1.807, 2.05) is 0 Å². The van der Waals surface area contributed by atoms with E-state index in [1.54, 1.807) is 12.1 Å². The highest BCUT2D eigenvalue weighted by atomic mass is 19.1. The Kier molecular flexibility index (Phi) is 10.2. The Morgan fingerprint density at radius 2 is 1.62 bits per heavy atom. The summed E-state index contributed by atoms with van der Waals surface area (Å²) in [6.45, 7) is 13.8. The van der Waals surface area contributed by atoms with Crippen LogP contribution < -0.4 is 15.4 Å². The Labute approximate surface area is 206 Å². The minimum absolute atomic E-state index is 0.223. The molecule has 0 unspecified atom stereocenters. The van der Waals surface area contributed by atoms with E-state index in [-0.39, 0.29) is 11.9 Å². The van der Waals surface area contributed by atoms with Crippen molar-refractivity contribution < 1.29 is 9.13 Å². The van der Waals surface area contributed by atoms with Gasteiger partial charge in [0.1, 0.15) is 18.2 Å². The van der Waals surface area contributed by atoms with E-state index in [9.17, 15) is 4.39 Å². The monoisotopic (exact) mass is 469 g/mol. The van der Waals surface area contributed by atoms with Gasteiger partial charge >= 0.3 is 0 Å². The zero-order valence-electron chi connectivity index (χ0n) is 21.6. The molecule has 1 aliphatic heterocycles. The second kappa shape index (κ2) is 13.1. The number of hydrogen-bond acceptors (Lipinski definition) is 4. The van der Waals surface area contributed by atoms with Gasteiger partial charge in [-0.05, 0) is 79.5 Å². The van der Waals surface area contributed by atoms with Gasteiger partial charge in [0.05, 0.1) is 0 Å². The first-order valence-electron chi connectivity index (χ1n) is 13.0. The lowest BCUT2D eigenvalue weighted by atomic mass is 9.99. The van der Waals surface area contributed by atoms with Gasteiger partial charge in [-0.15, -0.1) is 0 Å². The lowest BCUT2D eigenvalue weighted by Gasteiger charge is -2.41. The van der Waals surface area contributed by atoms with Crippen molar-refractivity contribution in [2.24, 2.45) is 17.6 Å². The van der Waals surface area contributed by atoms with Crippen LogP contribution >= 0.6 is 0 Å². The van der Waals surface area contributed by atoms with Gasteiger partial charge in [0, 0.05) is 44.0 Å². The van der Waals surface area contributed by atoms with E-state index >= 15 is 0 Å². The standard InChI is InChI=1S/C29H44FN3O/c1-22(2)13-18-33(28-14-16-32(17-15-28)20-26(31)19-23(3)4)27-9-11-29(12-10-27)34-21-24-5-7-25(30)8-6-24/h5-12,22-23,26,28H,13-21,31H2,1-4H3/t26-/m0/s1. The highest BCUT2D eigenvalue weighted by molar-refractivity contribution is 5.50. The number of piperidine rings is 1. The molecular weight excluding hydrogens is 425 g/mol. The molecule has 0 saturated carbocycles. The van der Waals surface area contributed by atoms with Gasteiger partial charge in [-0.3, -0.25) is 0 Å². The average Bonchev–Trinajstić information content (AvgIpc) is 2.80. The van der Waals surface area contributed by atoms with Crippen molar-refractivity contribution in [3.8, 4) is 5.75 Å². The Morgan fingerprint density at radius 3 is 2.21 bits per heavy atom. The van der Waals surface area contributed by atoms with Crippen LogP contribution in [-0.2, 0) is 6.61 Å². The summed E-state index contributed by atoms with van der Waals surface area (Å²) in [7, 11) is 0. The predicted octanol–water partition coefficient (Wildman–Crippen LogP) is 6.10. The first-order chi connectivity index (χ1) is 16.3. The van der Waals surface area contributed by atoms with Crippen LogP contribution in [0, 0.1) is 17.7 Å². The lowest BCUT2D eigenvalue weighted by Crippen LogP contribution is -2.48. The fourth-order valence-electron chi connectivity index (χ4n) is 4.83. The Hall–Kier alpha value is -2.11. The van der Waals surface area contributed by atoms with Gasteiger partial charge in [-0.25, -0.2) is 4.39 Å². The second-order valence-electron chi connectivity index (χ2n) is 10.7. The predicted molar refractivity (Wildman–Crippen MR) is 141 cm³/mol. The normalized spacial score (nSPS) is 16.2. The first kappa shape index (κ1) is 26.5. The topological polar surface area (TPSA) is 41.7 Å². The molecule has 2 aromatic rings. The van der Waals surface area contributed by atoms with Crippen LogP contribution in [0.4, 0.5) is 10.1 Å². The Bertz CT molecular complexity index is 829. The fourth-order valence-corrected chi connectivity index (χ4v) is 4.83. The molecule has 2 aromatic carbocycles. The molecule has 0 bridgehead atoms. The van der Waals surface area contributed by atoms with Crippen molar-refractivity contribution in [2.75, 3.05) is 31.1 Å².